The van der Waals surface area contributed by atoms with Crippen molar-refractivity contribution in [3.8, 4) is 0 Å². The van der Waals surface area contributed by atoms with Gasteiger partial charge in [-0.05, 0) is 37.1 Å². The lowest BCUT2D eigenvalue weighted by molar-refractivity contribution is -0.137. The number of allylic oxidation sites excluding steroid dienone is 3. The van der Waals surface area contributed by atoms with Gasteiger partial charge >= 0.3 is 5.97 Å². The molecule has 0 bridgehead atoms. The smallest absolute Gasteiger partial charge is 0.323 e. The van der Waals surface area contributed by atoms with E-state index in [1.54, 1.807) is 35.0 Å². The number of halogens is 1. The second-order valence-corrected chi connectivity index (χ2v) is 9.81. The van der Waals surface area contributed by atoms with Gasteiger partial charge in [-0.3, -0.25) is 19.7 Å². The van der Waals surface area contributed by atoms with Crippen molar-refractivity contribution in [2.45, 2.75) is 31.8 Å². The number of amides is 1. The van der Waals surface area contributed by atoms with E-state index in [2.05, 4.69) is 10.2 Å². The van der Waals surface area contributed by atoms with Crippen molar-refractivity contribution >= 4 is 40.2 Å². The Labute approximate surface area is 202 Å². The minimum atomic E-state index is -0.980. The summed E-state index contributed by atoms with van der Waals surface area (Å²) in [6.45, 7) is 4.42. The van der Waals surface area contributed by atoms with Gasteiger partial charge in [0.05, 0.1) is 23.3 Å². The predicted molar refractivity (Wildman–Crippen MR) is 129 cm³/mol. The first kappa shape index (κ1) is 22.7. The number of carbonyl (C=O) groups excluding carboxylic acids is 2. The number of likely N-dealkylation sites (tertiary alicyclic amines) is 1. The molecule has 1 atom stereocenters. The molecular formula is C25H27ClN4O4. The van der Waals surface area contributed by atoms with Gasteiger partial charge in [-0.2, -0.15) is 0 Å². The lowest BCUT2D eigenvalue weighted by Gasteiger charge is -2.46. The maximum Gasteiger partial charge on any atom is 0.323 e. The van der Waals surface area contributed by atoms with Crippen molar-refractivity contribution in [2.75, 3.05) is 26.3 Å². The third-order valence-electron chi connectivity index (χ3n) is 7.26. The van der Waals surface area contributed by atoms with Crippen LogP contribution in [0.5, 0.6) is 0 Å². The Hall–Kier alpha value is -3.10. The molecule has 0 saturated carbocycles. The molecule has 1 spiro atoms. The number of benzene rings is 1. The Morgan fingerprint density at radius 1 is 1.24 bits per heavy atom. The molecule has 8 nitrogen and oxygen atoms in total. The van der Waals surface area contributed by atoms with E-state index >= 15 is 0 Å². The van der Waals surface area contributed by atoms with Gasteiger partial charge in [-0.15, -0.1) is 0 Å². The largest absolute Gasteiger partial charge is 0.480 e. The maximum atomic E-state index is 13.5. The third kappa shape index (κ3) is 3.91. The fourth-order valence-corrected chi connectivity index (χ4v) is 5.54. The van der Waals surface area contributed by atoms with Crippen molar-refractivity contribution in [1.29, 1.82) is 0 Å². The zero-order valence-electron chi connectivity index (χ0n) is 19.0. The van der Waals surface area contributed by atoms with Crippen LogP contribution in [0, 0.1) is 5.92 Å². The molecule has 2 aliphatic heterocycles. The lowest BCUT2D eigenvalue weighted by atomic mass is 9.85. The van der Waals surface area contributed by atoms with E-state index in [1.807, 2.05) is 24.0 Å². The Balaban J connectivity index is 1.36. The third-order valence-corrected chi connectivity index (χ3v) is 7.49. The van der Waals surface area contributed by atoms with Gasteiger partial charge in [-0.25, -0.2) is 0 Å². The van der Waals surface area contributed by atoms with Crippen molar-refractivity contribution < 1.29 is 19.5 Å². The maximum absolute atomic E-state index is 13.5. The zero-order chi connectivity index (χ0) is 24.0. The number of ketones is 1. The summed E-state index contributed by atoms with van der Waals surface area (Å²) in [6, 6.07) is 5.19. The molecule has 1 aliphatic carbocycles. The van der Waals surface area contributed by atoms with Gasteiger partial charge in [-0.1, -0.05) is 30.7 Å². The number of fused-ring (bicyclic) bond motifs is 1. The van der Waals surface area contributed by atoms with E-state index in [0.717, 1.165) is 25.1 Å². The van der Waals surface area contributed by atoms with Crippen molar-refractivity contribution in [3.05, 3.63) is 58.9 Å². The van der Waals surface area contributed by atoms with Crippen molar-refractivity contribution in [2.24, 2.45) is 5.92 Å². The summed E-state index contributed by atoms with van der Waals surface area (Å²) in [4.78, 5) is 40.9. The molecule has 3 aliphatic rings. The van der Waals surface area contributed by atoms with E-state index < -0.39 is 5.97 Å². The molecule has 2 saturated heterocycles. The van der Waals surface area contributed by atoms with Crippen LogP contribution in [0.3, 0.4) is 0 Å². The minimum Gasteiger partial charge on any atom is -0.480 e. The van der Waals surface area contributed by atoms with E-state index in [0.29, 0.717) is 41.2 Å². The van der Waals surface area contributed by atoms with Gasteiger partial charge in [0.15, 0.2) is 5.78 Å². The molecule has 1 aromatic heterocycles. The molecule has 0 radical (unpaired) electrons. The van der Waals surface area contributed by atoms with Gasteiger partial charge in [0, 0.05) is 47.9 Å². The second-order valence-electron chi connectivity index (χ2n) is 9.37. The first-order chi connectivity index (χ1) is 16.3. The normalized spacial score (nSPS) is 22.0. The van der Waals surface area contributed by atoms with Crippen LogP contribution in [0.1, 0.15) is 30.1 Å². The van der Waals surface area contributed by atoms with E-state index in [4.69, 9.17) is 11.6 Å². The molecule has 2 N–H and O–H groups in total. The molecule has 1 amide bonds. The average molecular weight is 483 g/mol. The Kier molecular flexibility index (Phi) is 5.73. The SMILES string of the molecule is CC1C=C(N2CNCC23CCN(C(=O)c2cn(CC(=O)O)c4cc(Cl)ccc24)CC3)C=CC1=O. The van der Waals surface area contributed by atoms with Gasteiger partial charge in [0.25, 0.3) is 5.91 Å². The summed E-state index contributed by atoms with van der Waals surface area (Å²) in [5, 5.41) is 14.0. The number of carboxylic acids is 1. The Morgan fingerprint density at radius 2 is 2.00 bits per heavy atom. The van der Waals surface area contributed by atoms with Crippen LogP contribution in [-0.2, 0) is 16.1 Å². The molecule has 5 rings (SSSR count). The second kappa shape index (κ2) is 8.60. The number of carboxylic acid groups (broad SMARTS) is 1. The monoisotopic (exact) mass is 482 g/mol. The number of rotatable bonds is 4. The highest BCUT2D eigenvalue weighted by atomic mass is 35.5. The van der Waals surface area contributed by atoms with Crippen LogP contribution < -0.4 is 5.32 Å². The van der Waals surface area contributed by atoms with E-state index in [1.165, 1.54) is 0 Å². The zero-order valence-corrected chi connectivity index (χ0v) is 19.7. The number of hydrogen-bond acceptors (Lipinski definition) is 5. The van der Waals surface area contributed by atoms with Crippen LogP contribution in [0.4, 0.5) is 0 Å². The van der Waals surface area contributed by atoms with Gasteiger partial charge in [0.2, 0.25) is 0 Å². The lowest BCUT2D eigenvalue weighted by Crippen LogP contribution is -2.54. The molecule has 2 aromatic rings. The number of aromatic nitrogens is 1. The molecule has 34 heavy (non-hydrogen) atoms. The van der Waals surface area contributed by atoms with Crippen molar-refractivity contribution in [1.82, 2.24) is 19.7 Å². The number of nitrogens with zero attached hydrogens (tertiary/aromatic N) is 3. The highest BCUT2D eigenvalue weighted by molar-refractivity contribution is 6.31. The fourth-order valence-electron chi connectivity index (χ4n) is 5.38. The summed E-state index contributed by atoms with van der Waals surface area (Å²) in [6.07, 6.45) is 8.82. The molecule has 178 valence electrons. The topological polar surface area (TPSA) is 94.9 Å². The van der Waals surface area contributed by atoms with Crippen LogP contribution >= 0.6 is 11.6 Å². The van der Waals surface area contributed by atoms with Gasteiger partial charge in [0.1, 0.15) is 6.54 Å². The van der Waals surface area contributed by atoms with E-state index in [9.17, 15) is 19.5 Å². The first-order valence-electron chi connectivity index (χ1n) is 11.5. The number of aliphatic carboxylic acids is 1. The predicted octanol–water partition coefficient (Wildman–Crippen LogP) is 2.88. The highest BCUT2D eigenvalue weighted by Crippen LogP contribution is 2.36. The average Bonchev–Trinajstić information content (AvgIpc) is 3.37. The number of nitrogens with one attached hydrogen (secondary N) is 1. The van der Waals surface area contributed by atoms with E-state index in [-0.39, 0.29) is 29.7 Å². The molecule has 3 heterocycles. The molecule has 1 aromatic carbocycles. The summed E-state index contributed by atoms with van der Waals surface area (Å²) >= 11 is 6.13. The summed E-state index contributed by atoms with van der Waals surface area (Å²) in [5.74, 6) is -1.09. The van der Waals surface area contributed by atoms with Crippen LogP contribution in [0.25, 0.3) is 10.9 Å². The van der Waals surface area contributed by atoms with Gasteiger partial charge < -0.3 is 19.5 Å². The Bertz CT molecular complexity index is 1240. The summed E-state index contributed by atoms with van der Waals surface area (Å²) < 4.78 is 1.56. The number of piperidine rings is 1. The fraction of sp³-hybridized carbons (Fsp3) is 0.400. The molecule has 1 unspecified atom stereocenters. The molecule has 9 heteroatoms. The minimum absolute atomic E-state index is 0.0974. The number of hydrogen-bond donors (Lipinski definition) is 2. The van der Waals surface area contributed by atoms with Crippen LogP contribution in [0.15, 0.2) is 48.3 Å². The standard InChI is InChI=1S/C25H27ClN4O4/c1-16-10-18(3-5-22(16)31)30-15-27-14-25(30)6-8-28(9-7-25)24(34)20-12-29(13-23(32)33)21-11-17(26)2-4-19(20)21/h2-5,10-12,16,27H,6-9,13-15H2,1H3,(H,32,33). The van der Waals surface area contributed by atoms with Crippen molar-refractivity contribution in [3.63, 3.8) is 0 Å². The molecule has 2 fully saturated rings. The first-order valence-corrected chi connectivity index (χ1v) is 11.9. The van der Waals surface area contributed by atoms with Crippen LogP contribution in [0.2, 0.25) is 5.02 Å². The van der Waals surface area contributed by atoms with Crippen LogP contribution in [-0.4, -0.2) is 69.0 Å². The Morgan fingerprint density at radius 3 is 2.71 bits per heavy atom. The molecular weight excluding hydrogens is 456 g/mol. The highest BCUT2D eigenvalue weighted by Gasteiger charge is 2.45. The summed E-state index contributed by atoms with van der Waals surface area (Å²) in [5.41, 5.74) is 2.09. The summed E-state index contributed by atoms with van der Waals surface area (Å²) in [7, 11) is 0. The number of carbonyl (C=O) groups is 3. The quantitative estimate of drug-likeness (QED) is 0.696.